The fourth-order valence-electron chi connectivity index (χ4n) is 4.38. The van der Waals surface area contributed by atoms with E-state index in [1.165, 1.54) is 11.1 Å². The van der Waals surface area contributed by atoms with Crippen LogP contribution in [0.2, 0.25) is 0 Å². The van der Waals surface area contributed by atoms with E-state index in [1.54, 1.807) is 7.11 Å². The minimum atomic E-state index is -0.438. The van der Waals surface area contributed by atoms with E-state index in [9.17, 15) is 5.11 Å². The predicted molar refractivity (Wildman–Crippen MR) is 88.9 cm³/mol. The van der Waals surface area contributed by atoms with Crippen molar-refractivity contribution in [2.45, 2.75) is 37.0 Å². The zero-order chi connectivity index (χ0) is 16.2. The number of ether oxygens (including phenoxy) is 2. The average Bonchev–Trinajstić information content (AvgIpc) is 2.81. The summed E-state index contributed by atoms with van der Waals surface area (Å²) in [4.78, 5) is 0. The topological polar surface area (TPSA) is 38.7 Å². The van der Waals surface area contributed by atoms with Crippen LogP contribution in [0.15, 0.2) is 24.3 Å². The lowest BCUT2D eigenvalue weighted by Crippen LogP contribution is -2.46. The molecule has 0 radical (unpaired) electrons. The summed E-state index contributed by atoms with van der Waals surface area (Å²) in [5.74, 6) is 1.64. The molecule has 5 heteroatoms. The van der Waals surface area contributed by atoms with Crippen LogP contribution < -0.4 is 9.47 Å². The molecule has 4 nitrogen and oxygen atoms in total. The Morgan fingerprint density at radius 2 is 2.30 bits per heavy atom. The molecule has 0 aromatic heterocycles. The third-order valence-electron chi connectivity index (χ3n) is 5.71. The Kier molecular flexibility index (Phi) is 3.42. The highest BCUT2D eigenvalue weighted by molar-refractivity contribution is 6.16. The smallest absolute Gasteiger partial charge is 0.166 e. The van der Waals surface area contributed by atoms with Crippen LogP contribution in [0.1, 0.15) is 24.0 Å². The maximum atomic E-state index is 10.1. The summed E-state index contributed by atoms with van der Waals surface area (Å²) in [6.07, 6.45) is 5.22. The Bertz CT molecular complexity index is 676. The van der Waals surface area contributed by atoms with Crippen LogP contribution in [-0.2, 0) is 12.0 Å². The van der Waals surface area contributed by atoms with Crippen molar-refractivity contribution in [1.82, 2.24) is 0 Å². The third kappa shape index (κ3) is 2.12. The Morgan fingerprint density at radius 3 is 3.04 bits per heavy atom. The Labute approximate surface area is 141 Å². The summed E-state index contributed by atoms with van der Waals surface area (Å²) in [6.45, 7) is 1.88. The molecule has 2 heterocycles. The molecule has 0 saturated heterocycles. The van der Waals surface area contributed by atoms with Gasteiger partial charge in [-0.1, -0.05) is 23.8 Å². The highest BCUT2D eigenvalue weighted by Gasteiger charge is 2.54. The second kappa shape index (κ2) is 5.13. The monoisotopic (exact) mass is 336 g/mol. The molecule has 4 atom stereocenters. The van der Waals surface area contributed by atoms with Crippen LogP contribution in [-0.4, -0.2) is 48.5 Å². The largest absolute Gasteiger partial charge is 0.493 e. The van der Waals surface area contributed by atoms with E-state index < -0.39 is 6.10 Å². The molecule has 1 spiro atoms. The number of methoxy groups -OCH3 is 1. The minimum absolute atomic E-state index is 0.0329. The lowest BCUT2D eigenvalue weighted by Gasteiger charge is -2.36. The van der Waals surface area contributed by atoms with Crippen LogP contribution in [0.3, 0.4) is 0 Å². The number of halogens is 1. The molecule has 0 fully saturated rings. The van der Waals surface area contributed by atoms with Gasteiger partial charge in [0.05, 0.1) is 32.2 Å². The van der Waals surface area contributed by atoms with Gasteiger partial charge in [-0.3, -0.25) is 0 Å². The number of hydrogen-bond donors (Lipinski definition) is 1. The van der Waals surface area contributed by atoms with Crippen LogP contribution >= 0.6 is 11.6 Å². The molecular formula is C18H23ClNO3+. The summed E-state index contributed by atoms with van der Waals surface area (Å²) < 4.78 is 12.6. The zero-order valence-electron chi connectivity index (χ0n) is 13.6. The molecule has 4 rings (SSSR count). The second-order valence-electron chi connectivity index (χ2n) is 7.31. The number of aliphatic hydroxyl groups excluding tert-OH is 1. The first-order valence-corrected chi connectivity index (χ1v) is 8.69. The van der Waals surface area contributed by atoms with Crippen molar-refractivity contribution < 1.29 is 19.1 Å². The highest BCUT2D eigenvalue weighted by atomic mass is 35.5. The fraction of sp³-hybridized carbons (Fsp3) is 0.556. The predicted octanol–water partition coefficient (Wildman–Crippen LogP) is 2.56. The molecule has 1 N–H and O–H groups in total. The maximum Gasteiger partial charge on any atom is 0.166 e. The van der Waals surface area contributed by atoms with Crippen molar-refractivity contribution in [1.29, 1.82) is 0 Å². The normalized spacial score (nSPS) is 37.6. The van der Waals surface area contributed by atoms with Gasteiger partial charge in [-0.05, 0) is 12.1 Å². The maximum absolute atomic E-state index is 10.1. The molecule has 2 aliphatic heterocycles. The van der Waals surface area contributed by atoms with Crippen molar-refractivity contribution in [3.63, 3.8) is 0 Å². The van der Waals surface area contributed by atoms with E-state index in [2.05, 4.69) is 19.2 Å². The van der Waals surface area contributed by atoms with Gasteiger partial charge in [-0.15, -0.1) is 0 Å². The lowest BCUT2D eigenvalue weighted by molar-refractivity contribution is -0.911. The van der Waals surface area contributed by atoms with Gasteiger partial charge in [0, 0.05) is 24.0 Å². The molecule has 0 saturated carbocycles. The fourth-order valence-corrected chi connectivity index (χ4v) is 4.58. The van der Waals surface area contributed by atoms with Crippen molar-refractivity contribution in [3.8, 4) is 11.5 Å². The first kappa shape index (κ1) is 15.3. The van der Waals surface area contributed by atoms with Crippen LogP contribution in [0.25, 0.3) is 0 Å². The lowest BCUT2D eigenvalue weighted by atomic mass is 9.69. The summed E-state index contributed by atoms with van der Waals surface area (Å²) in [5.41, 5.74) is 2.36. The quantitative estimate of drug-likeness (QED) is 0.390. The first-order valence-electron chi connectivity index (χ1n) is 8.15. The van der Waals surface area contributed by atoms with Crippen molar-refractivity contribution in [2.24, 2.45) is 0 Å². The number of hydrogen-bond acceptors (Lipinski definition) is 3. The molecule has 0 bridgehead atoms. The van der Waals surface area contributed by atoms with Gasteiger partial charge in [0.25, 0.3) is 0 Å². The first-order chi connectivity index (χ1) is 11.0. The molecule has 1 aromatic rings. The van der Waals surface area contributed by atoms with Gasteiger partial charge in [-0.25, -0.2) is 0 Å². The van der Waals surface area contributed by atoms with E-state index in [0.29, 0.717) is 12.4 Å². The Morgan fingerprint density at radius 1 is 1.48 bits per heavy atom. The molecular weight excluding hydrogens is 314 g/mol. The van der Waals surface area contributed by atoms with E-state index >= 15 is 0 Å². The summed E-state index contributed by atoms with van der Waals surface area (Å²) in [7, 11) is 3.88. The van der Waals surface area contributed by atoms with E-state index in [1.807, 2.05) is 12.1 Å². The van der Waals surface area contributed by atoms with Gasteiger partial charge in [0.1, 0.15) is 12.6 Å². The number of alkyl halides is 1. The van der Waals surface area contributed by atoms with Crippen molar-refractivity contribution in [2.75, 3.05) is 26.7 Å². The molecule has 1 aromatic carbocycles. The molecule has 3 aliphatic rings. The molecule has 23 heavy (non-hydrogen) atoms. The minimum Gasteiger partial charge on any atom is -0.493 e. The number of aliphatic hydroxyl groups is 1. The van der Waals surface area contributed by atoms with E-state index in [-0.39, 0.29) is 11.5 Å². The molecule has 0 amide bonds. The van der Waals surface area contributed by atoms with Gasteiger partial charge < -0.3 is 19.1 Å². The second-order valence-corrected chi connectivity index (χ2v) is 7.55. The van der Waals surface area contributed by atoms with Crippen LogP contribution in [0.4, 0.5) is 0 Å². The van der Waals surface area contributed by atoms with Gasteiger partial charge in [0.15, 0.2) is 17.5 Å². The van der Waals surface area contributed by atoms with Gasteiger partial charge in [-0.2, -0.15) is 0 Å². The third-order valence-corrected chi connectivity index (χ3v) is 6.28. The van der Waals surface area contributed by atoms with E-state index in [4.69, 9.17) is 21.1 Å². The summed E-state index contributed by atoms with van der Waals surface area (Å²) in [5, 5.41) is 10.1. The number of nitrogens with zero attached hydrogens (tertiary/aromatic N) is 1. The highest BCUT2D eigenvalue weighted by Crippen LogP contribution is 2.56. The van der Waals surface area contributed by atoms with Crippen LogP contribution in [0.5, 0.6) is 11.5 Å². The average molecular weight is 337 g/mol. The van der Waals surface area contributed by atoms with Crippen LogP contribution in [0, 0.1) is 0 Å². The SMILES string of the molecule is COc1ccc2c3c1O[C@H]1C[C@@H](O)C=C[C@@]31CC[N@+](C)(CCl)C2. The van der Waals surface area contributed by atoms with Crippen molar-refractivity contribution in [3.05, 3.63) is 35.4 Å². The Hall–Kier alpha value is -1.23. The summed E-state index contributed by atoms with van der Waals surface area (Å²) in [6, 6.07) is 4.73. The standard InChI is InChI=1S/C18H23ClNO3/c1-20(11-19)8-7-18-6-5-13(21)9-15(18)23-17-14(22-2)4-3-12(10-20)16(17)18/h3-6,13,15,21H,7-11H2,1-2H3/q+1/t13-,15-,18-,20-/m0/s1. The van der Waals surface area contributed by atoms with E-state index in [0.717, 1.165) is 35.5 Å². The summed E-state index contributed by atoms with van der Waals surface area (Å²) >= 11 is 6.28. The molecule has 124 valence electrons. The molecule has 1 aliphatic carbocycles. The molecule has 0 unspecified atom stereocenters. The van der Waals surface area contributed by atoms with Gasteiger partial charge >= 0.3 is 0 Å². The van der Waals surface area contributed by atoms with Crippen molar-refractivity contribution >= 4 is 11.6 Å². The zero-order valence-corrected chi connectivity index (χ0v) is 14.3. The number of rotatable bonds is 2. The van der Waals surface area contributed by atoms with Gasteiger partial charge in [0.2, 0.25) is 0 Å². The number of benzene rings is 1. The number of quaternary nitrogens is 1. The Balaban J connectivity index is 1.94.